The highest BCUT2D eigenvalue weighted by Gasteiger charge is 2.23. The highest BCUT2D eigenvalue weighted by molar-refractivity contribution is 8.00. The first-order valence-corrected chi connectivity index (χ1v) is 10.1. The topological polar surface area (TPSA) is 0 Å². The van der Waals surface area contributed by atoms with Gasteiger partial charge in [0.2, 0.25) is 0 Å². The van der Waals surface area contributed by atoms with Crippen LogP contribution in [0.1, 0.15) is 9.75 Å². The molecule has 1 aliphatic heterocycles. The molecular formula is C13H8S5. The van der Waals surface area contributed by atoms with Crippen LogP contribution in [0.15, 0.2) is 11.0 Å². The Morgan fingerprint density at radius 1 is 0.889 bits per heavy atom. The summed E-state index contributed by atoms with van der Waals surface area (Å²) in [4.78, 5) is 4.68. The van der Waals surface area contributed by atoms with Crippen LogP contribution in [-0.2, 0) is 6.42 Å². The van der Waals surface area contributed by atoms with Gasteiger partial charge in [0.05, 0.1) is 23.5 Å². The van der Waals surface area contributed by atoms with Crippen molar-refractivity contribution < 1.29 is 0 Å². The fourth-order valence-corrected chi connectivity index (χ4v) is 9.96. The summed E-state index contributed by atoms with van der Waals surface area (Å²) in [5.41, 5.74) is 0. The van der Waals surface area contributed by atoms with Gasteiger partial charge < -0.3 is 0 Å². The fraction of sp³-hybridized carbons (Fsp3) is 0.231. The predicted octanol–water partition coefficient (Wildman–Crippen LogP) is 6.35. The highest BCUT2D eigenvalue weighted by atomic mass is 32.2. The van der Waals surface area contributed by atoms with E-state index in [1.165, 1.54) is 26.5 Å². The van der Waals surface area contributed by atoms with E-state index in [9.17, 15) is 0 Å². The number of hydrogen-bond acceptors (Lipinski definition) is 5. The van der Waals surface area contributed by atoms with Crippen LogP contribution in [0, 0.1) is 6.92 Å². The van der Waals surface area contributed by atoms with E-state index in [4.69, 9.17) is 0 Å². The molecule has 0 spiro atoms. The normalized spacial score (nSPS) is 15.4. The Balaban J connectivity index is 2.00. The molecule has 0 unspecified atom stereocenters. The first-order valence-electron chi connectivity index (χ1n) is 5.81. The van der Waals surface area contributed by atoms with E-state index in [0.29, 0.717) is 0 Å². The number of hydrogen-bond donors (Lipinski definition) is 0. The summed E-state index contributed by atoms with van der Waals surface area (Å²) in [6, 6.07) is 2.35. The minimum Gasteiger partial charge on any atom is -0.138 e. The molecule has 0 saturated heterocycles. The summed E-state index contributed by atoms with van der Waals surface area (Å²) in [6.07, 6.45) is 1.28. The molecule has 4 aromatic rings. The van der Waals surface area contributed by atoms with Gasteiger partial charge >= 0.3 is 0 Å². The smallest absolute Gasteiger partial charge is 0.0651 e. The van der Waals surface area contributed by atoms with E-state index in [1.807, 2.05) is 34.0 Å². The number of thiophene rings is 4. The molecule has 0 bridgehead atoms. The first kappa shape index (κ1) is 10.7. The molecule has 0 nitrogen and oxygen atoms in total. The third kappa shape index (κ3) is 1.22. The summed E-state index contributed by atoms with van der Waals surface area (Å²) < 4.78 is 9.25. The number of fused-ring (bicyclic) bond motifs is 7. The highest BCUT2D eigenvalue weighted by Crippen LogP contribution is 2.54. The van der Waals surface area contributed by atoms with Crippen LogP contribution in [0.25, 0.3) is 28.2 Å². The molecule has 0 atom stereocenters. The summed E-state index contributed by atoms with van der Waals surface area (Å²) in [7, 11) is 0. The zero-order valence-corrected chi connectivity index (χ0v) is 13.6. The maximum absolute atomic E-state index is 2.35. The van der Waals surface area contributed by atoms with Gasteiger partial charge in [0, 0.05) is 25.1 Å². The van der Waals surface area contributed by atoms with Crippen LogP contribution in [0.5, 0.6) is 0 Å². The molecule has 0 fully saturated rings. The van der Waals surface area contributed by atoms with Crippen LogP contribution in [0.3, 0.4) is 0 Å². The Morgan fingerprint density at radius 2 is 1.72 bits per heavy atom. The number of thioether (sulfide) groups is 1. The lowest BCUT2D eigenvalue weighted by Gasteiger charge is -1.85. The lowest BCUT2D eigenvalue weighted by Crippen LogP contribution is -1.70. The van der Waals surface area contributed by atoms with Gasteiger partial charge in [-0.05, 0) is 19.4 Å². The van der Waals surface area contributed by atoms with Gasteiger partial charge in [-0.3, -0.25) is 0 Å². The Kier molecular flexibility index (Phi) is 2.09. The maximum Gasteiger partial charge on any atom is 0.0651 e. The molecule has 0 N–H and O–H groups in total. The standard InChI is InChI=1S/C13H8S5/c1-5-4-7-9(15-5)11-13(17-7)12-10(18-11)8-6(16-12)2-3-14-8/h4H,2-3H2,1H3. The molecule has 0 aromatic carbocycles. The van der Waals surface area contributed by atoms with Crippen molar-refractivity contribution in [2.75, 3.05) is 5.75 Å². The predicted molar refractivity (Wildman–Crippen MR) is 89.6 cm³/mol. The van der Waals surface area contributed by atoms with Crippen molar-refractivity contribution in [2.24, 2.45) is 0 Å². The second-order valence-corrected chi connectivity index (χ2v) is 10.1. The molecule has 0 radical (unpaired) electrons. The third-order valence-corrected chi connectivity index (χ3v) is 10.1. The maximum atomic E-state index is 2.35. The third-order valence-electron chi connectivity index (χ3n) is 3.32. The van der Waals surface area contributed by atoms with Gasteiger partial charge in [0.25, 0.3) is 0 Å². The summed E-state index contributed by atoms with van der Waals surface area (Å²) in [5.74, 6) is 1.29. The SMILES string of the molecule is Cc1cc2sc3c4sc5c(c4sc3c2s1)SCC5. The van der Waals surface area contributed by atoms with Gasteiger partial charge in [-0.2, -0.15) is 0 Å². The van der Waals surface area contributed by atoms with Crippen LogP contribution in [0.2, 0.25) is 0 Å². The quantitative estimate of drug-likeness (QED) is 0.363. The molecule has 0 aliphatic carbocycles. The lowest BCUT2D eigenvalue weighted by atomic mass is 10.4. The molecule has 5 heteroatoms. The van der Waals surface area contributed by atoms with Crippen molar-refractivity contribution in [1.29, 1.82) is 0 Å². The Morgan fingerprint density at radius 3 is 2.67 bits per heavy atom. The first-order chi connectivity index (χ1) is 8.81. The average molecular weight is 325 g/mol. The van der Waals surface area contributed by atoms with Crippen molar-refractivity contribution >= 4 is 85.3 Å². The Bertz CT molecular complexity index is 914. The van der Waals surface area contributed by atoms with Crippen LogP contribution in [0.4, 0.5) is 0 Å². The second kappa shape index (κ2) is 3.52. The second-order valence-electron chi connectivity index (χ2n) is 4.52. The van der Waals surface area contributed by atoms with Gasteiger partial charge in [0.15, 0.2) is 0 Å². The van der Waals surface area contributed by atoms with E-state index in [2.05, 4.69) is 36.1 Å². The molecule has 90 valence electrons. The average Bonchev–Trinajstić information content (AvgIpc) is 3.01. The number of rotatable bonds is 0. The largest absolute Gasteiger partial charge is 0.138 e. The Hall–Kier alpha value is -0.0700. The van der Waals surface area contributed by atoms with E-state index >= 15 is 0 Å². The summed E-state index contributed by atoms with van der Waals surface area (Å²) in [5, 5.41) is 0. The molecule has 4 aromatic heterocycles. The summed E-state index contributed by atoms with van der Waals surface area (Å²) >= 11 is 10.1. The molecule has 1 aliphatic rings. The monoisotopic (exact) mass is 324 g/mol. The molecule has 5 heterocycles. The van der Waals surface area contributed by atoms with Crippen molar-refractivity contribution in [3.8, 4) is 0 Å². The summed E-state index contributed by atoms with van der Waals surface area (Å²) in [6.45, 7) is 2.21. The fourth-order valence-electron chi connectivity index (χ4n) is 2.57. The van der Waals surface area contributed by atoms with Crippen LogP contribution < -0.4 is 0 Å². The molecule has 5 rings (SSSR count). The van der Waals surface area contributed by atoms with E-state index in [-0.39, 0.29) is 0 Å². The molecule has 18 heavy (non-hydrogen) atoms. The van der Waals surface area contributed by atoms with Crippen molar-refractivity contribution in [1.82, 2.24) is 0 Å². The van der Waals surface area contributed by atoms with Gasteiger partial charge in [0.1, 0.15) is 0 Å². The van der Waals surface area contributed by atoms with Gasteiger partial charge in [-0.1, -0.05) is 0 Å². The zero-order valence-electron chi connectivity index (χ0n) is 9.53. The minimum atomic E-state index is 1.28. The van der Waals surface area contributed by atoms with Crippen LogP contribution in [-0.4, -0.2) is 5.75 Å². The van der Waals surface area contributed by atoms with Crippen molar-refractivity contribution in [3.05, 3.63) is 15.8 Å². The zero-order chi connectivity index (χ0) is 11.9. The van der Waals surface area contributed by atoms with Crippen molar-refractivity contribution in [2.45, 2.75) is 18.2 Å². The molecule has 0 amide bonds. The lowest BCUT2D eigenvalue weighted by molar-refractivity contribution is 1.21. The Labute approximate surface area is 124 Å². The van der Waals surface area contributed by atoms with Gasteiger partial charge in [-0.15, -0.1) is 57.1 Å². The molecular weight excluding hydrogens is 316 g/mol. The van der Waals surface area contributed by atoms with Gasteiger partial charge in [-0.25, -0.2) is 0 Å². The van der Waals surface area contributed by atoms with E-state index in [0.717, 1.165) is 0 Å². The number of aryl methyl sites for hydroxylation is 2. The minimum absolute atomic E-state index is 1.28. The van der Waals surface area contributed by atoms with Crippen molar-refractivity contribution in [3.63, 3.8) is 0 Å². The van der Waals surface area contributed by atoms with Crippen LogP contribution >= 0.6 is 57.1 Å². The molecule has 0 saturated carbocycles. The van der Waals surface area contributed by atoms with E-state index in [1.54, 1.807) is 28.6 Å². The van der Waals surface area contributed by atoms with E-state index < -0.39 is 0 Å².